The molecular weight excluding hydrogens is 324 g/mol. The van der Waals surface area contributed by atoms with Crippen molar-refractivity contribution in [2.24, 2.45) is 4.99 Å². The molecule has 2 aromatic heterocycles. The Kier molecular flexibility index (Phi) is 6.45. The second-order valence-corrected chi connectivity index (χ2v) is 5.95. The fraction of sp³-hybridized carbons (Fsp3) is 0.190. The molecule has 0 radical (unpaired) electrons. The van der Waals surface area contributed by atoms with E-state index in [4.69, 9.17) is 0 Å². The summed E-state index contributed by atoms with van der Waals surface area (Å²) in [6.45, 7) is 2.89. The third-order valence-corrected chi connectivity index (χ3v) is 3.94. The molecule has 26 heavy (non-hydrogen) atoms. The van der Waals surface area contributed by atoms with E-state index in [1.807, 2.05) is 60.9 Å². The number of phenols is 1. The second-order valence-electron chi connectivity index (χ2n) is 5.95. The molecule has 3 aromatic rings. The molecule has 1 N–H and O–H groups in total. The van der Waals surface area contributed by atoms with Gasteiger partial charge in [0.25, 0.3) is 0 Å². The first kappa shape index (κ1) is 17.8. The van der Waals surface area contributed by atoms with Gasteiger partial charge in [0.15, 0.2) is 0 Å². The summed E-state index contributed by atoms with van der Waals surface area (Å²) in [6, 6.07) is 19.1. The maximum absolute atomic E-state index is 9.79. The zero-order valence-electron chi connectivity index (χ0n) is 14.6. The Balaban J connectivity index is 1.62. The lowest BCUT2D eigenvalue weighted by atomic mass is 10.2. The van der Waals surface area contributed by atoms with Crippen LogP contribution >= 0.6 is 0 Å². The Labute approximate surface area is 153 Å². The Morgan fingerprint density at radius 3 is 2.04 bits per heavy atom. The lowest BCUT2D eigenvalue weighted by Crippen LogP contribution is -2.26. The minimum absolute atomic E-state index is 0.245. The van der Waals surface area contributed by atoms with Gasteiger partial charge in [-0.2, -0.15) is 0 Å². The minimum atomic E-state index is 0.245. The largest absolute Gasteiger partial charge is 0.507 e. The van der Waals surface area contributed by atoms with Crippen LogP contribution in [-0.2, 0) is 13.1 Å². The molecule has 0 saturated carbocycles. The van der Waals surface area contributed by atoms with Crippen LogP contribution in [0.15, 0.2) is 78.0 Å². The maximum Gasteiger partial charge on any atom is 0.124 e. The van der Waals surface area contributed by atoms with Gasteiger partial charge in [-0.25, -0.2) is 0 Å². The zero-order valence-corrected chi connectivity index (χ0v) is 14.6. The number of rotatable bonds is 8. The first-order valence-corrected chi connectivity index (χ1v) is 8.61. The Morgan fingerprint density at radius 1 is 0.846 bits per heavy atom. The molecule has 2 heterocycles. The summed E-state index contributed by atoms with van der Waals surface area (Å²) in [5, 5.41) is 9.79. The molecule has 0 bridgehead atoms. The highest BCUT2D eigenvalue weighted by Crippen LogP contribution is 2.13. The fourth-order valence-electron chi connectivity index (χ4n) is 2.61. The lowest BCUT2D eigenvalue weighted by molar-refractivity contribution is 0.258. The molecule has 5 heteroatoms. The SMILES string of the molecule is Oc1ccccc1C=NCCN(Cc1ccccn1)Cc1ccccn1. The molecule has 0 spiro atoms. The van der Waals surface area contributed by atoms with E-state index in [9.17, 15) is 5.11 Å². The number of nitrogens with zero attached hydrogens (tertiary/aromatic N) is 4. The molecule has 0 saturated heterocycles. The van der Waals surface area contributed by atoms with Crippen LogP contribution in [0.25, 0.3) is 0 Å². The Bertz CT molecular complexity index is 780. The summed E-state index contributed by atoms with van der Waals surface area (Å²) >= 11 is 0. The number of para-hydroxylation sites is 1. The number of benzene rings is 1. The summed E-state index contributed by atoms with van der Waals surface area (Å²) in [4.78, 5) is 15.6. The highest BCUT2D eigenvalue weighted by atomic mass is 16.3. The predicted molar refractivity (Wildman–Crippen MR) is 103 cm³/mol. The average molecular weight is 346 g/mol. The van der Waals surface area contributed by atoms with Crippen LogP contribution in [0.5, 0.6) is 5.75 Å². The van der Waals surface area contributed by atoms with Gasteiger partial charge in [0.1, 0.15) is 5.75 Å². The Hall–Kier alpha value is -3.05. The normalized spacial score (nSPS) is 11.3. The van der Waals surface area contributed by atoms with Crippen molar-refractivity contribution in [3.63, 3.8) is 0 Å². The number of hydrogen-bond donors (Lipinski definition) is 1. The van der Waals surface area contributed by atoms with E-state index >= 15 is 0 Å². The third kappa shape index (κ3) is 5.50. The quantitative estimate of drug-likeness (QED) is 0.636. The molecule has 5 nitrogen and oxygen atoms in total. The summed E-state index contributed by atoms with van der Waals surface area (Å²) in [7, 11) is 0. The van der Waals surface area contributed by atoms with E-state index in [2.05, 4.69) is 19.9 Å². The number of phenolic OH excluding ortho intramolecular Hbond substituents is 1. The molecule has 0 aliphatic rings. The fourth-order valence-corrected chi connectivity index (χ4v) is 2.61. The molecular formula is C21H22N4O. The van der Waals surface area contributed by atoms with E-state index in [1.54, 1.807) is 18.3 Å². The molecule has 0 atom stereocenters. The van der Waals surface area contributed by atoms with Crippen molar-refractivity contribution in [3.05, 3.63) is 90.0 Å². The monoisotopic (exact) mass is 346 g/mol. The number of pyridine rings is 2. The van der Waals surface area contributed by atoms with Crippen LogP contribution in [0.4, 0.5) is 0 Å². The van der Waals surface area contributed by atoms with Gasteiger partial charge < -0.3 is 5.11 Å². The van der Waals surface area contributed by atoms with Gasteiger partial charge in [-0.05, 0) is 36.4 Å². The Morgan fingerprint density at radius 2 is 1.46 bits per heavy atom. The minimum Gasteiger partial charge on any atom is -0.507 e. The van der Waals surface area contributed by atoms with Crippen LogP contribution in [0.2, 0.25) is 0 Å². The van der Waals surface area contributed by atoms with Crippen molar-refractivity contribution >= 4 is 6.21 Å². The first-order valence-electron chi connectivity index (χ1n) is 8.61. The van der Waals surface area contributed by atoms with Crippen LogP contribution < -0.4 is 0 Å². The van der Waals surface area contributed by atoms with Crippen molar-refractivity contribution in [1.29, 1.82) is 0 Å². The first-order chi connectivity index (χ1) is 12.8. The summed E-state index contributed by atoms with van der Waals surface area (Å²) in [5.74, 6) is 0.245. The van der Waals surface area contributed by atoms with E-state index < -0.39 is 0 Å². The summed E-state index contributed by atoms with van der Waals surface area (Å²) in [6.07, 6.45) is 5.34. The summed E-state index contributed by atoms with van der Waals surface area (Å²) in [5.41, 5.74) is 2.77. The lowest BCUT2D eigenvalue weighted by Gasteiger charge is -2.20. The van der Waals surface area contributed by atoms with Crippen molar-refractivity contribution in [1.82, 2.24) is 14.9 Å². The number of aromatic hydroxyl groups is 1. The third-order valence-electron chi connectivity index (χ3n) is 3.94. The molecule has 0 fully saturated rings. The van der Waals surface area contributed by atoms with Gasteiger partial charge >= 0.3 is 0 Å². The van der Waals surface area contributed by atoms with Crippen LogP contribution in [0.1, 0.15) is 17.0 Å². The number of aliphatic imine (C=N–C) groups is 1. The molecule has 0 unspecified atom stereocenters. The maximum atomic E-state index is 9.79. The number of hydrogen-bond acceptors (Lipinski definition) is 5. The van der Waals surface area contributed by atoms with Crippen molar-refractivity contribution in [3.8, 4) is 5.75 Å². The number of aromatic nitrogens is 2. The summed E-state index contributed by atoms with van der Waals surface area (Å²) < 4.78 is 0. The van der Waals surface area contributed by atoms with Crippen LogP contribution in [-0.4, -0.2) is 39.3 Å². The van der Waals surface area contributed by atoms with Crippen molar-refractivity contribution < 1.29 is 5.11 Å². The van der Waals surface area contributed by atoms with Gasteiger partial charge in [0.05, 0.1) is 17.9 Å². The highest BCUT2D eigenvalue weighted by molar-refractivity contribution is 5.83. The molecule has 0 aliphatic carbocycles. The standard InChI is InChI=1S/C21H22N4O/c26-21-10-2-1-7-18(21)15-22-13-14-25(16-19-8-3-5-11-23-19)17-20-9-4-6-12-24-20/h1-12,15,26H,13-14,16-17H2. The van der Waals surface area contributed by atoms with Gasteiger partial charge in [-0.3, -0.25) is 19.9 Å². The van der Waals surface area contributed by atoms with Crippen LogP contribution in [0, 0.1) is 0 Å². The van der Waals surface area contributed by atoms with Crippen molar-refractivity contribution in [2.45, 2.75) is 13.1 Å². The zero-order chi connectivity index (χ0) is 18.0. The molecule has 0 amide bonds. The van der Waals surface area contributed by atoms with Crippen molar-refractivity contribution in [2.75, 3.05) is 13.1 Å². The molecule has 3 rings (SSSR count). The smallest absolute Gasteiger partial charge is 0.124 e. The van der Waals surface area contributed by atoms with E-state index in [-0.39, 0.29) is 5.75 Å². The van der Waals surface area contributed by atoms with Gasteiger partial charge in [-0.1, -0.05) is 24.3 Å². The van der Waals surface area contributed by atoms with Gasteiger partial charge in [-0.15, -0.1) is 0 Å². The average Bonchev–Trinajstić information content (AvgIpc) is 2.68. The molecule has 132 valence electrons. The van der Waals surface area contributed by atoms with E-state index in [1.165, 1.54) is 0 Å². The van der Waals surface area contributed by atoms with E-state index in [0.717, 1.165) is 36.6 Å². The van der Waals surface area contributed by atoms with Crippen LogP contribution in [0.3, 0.4) is 0 Å². The second kappa shape index (κ2) is 9.44. The van der Waals surface area contributed by atoms with E-state index in [0.29, 0.717) is 6.54 Å². The van der Waals surface area contributed by atoms with Gasteiger partial charge in [0.2, 0.25) is 0 Å². The topological polar surface area (TPSA) is 61.6 Å². The highest BCUT2D eigenvalue weighted by Gasteiger charge is 2.08. The predicted octanol–water partition coefficient (Wildman–Crippen LogP) is 3.30. The molecule has 1 aromatic carbocycles. The molecule has 0 aliphatic heterocycles. The van der Waals surface area contributed by atoms with Gasteiger partial charge in [0, 0.05) is 43.8 Å².